The number of hydrogen-bond acceptors (Lipinski definition) is 4. The van der Waals surface area contributed by atoms with Gasteiger partial charge in [0.1, 0.15) is 5.54 Å². The molecule has 0 spiro atoms. The number of likely N-dealkylation sites (N-methyl/N-ethyl adjacent to an activating group) is 1. The Bertz CT molecular complexity index is 263. The van der Waals surface area contributed by atoms with Gasteiger partial charge in [-0.3, -0.25) is 4.79 Å². The Balaban J connectivity index is 2.45. The quantitative estimate of drug-likeness (QED) is 0.734. The smallest absolute Gasteiger partial charge is 0.327 e. The molecule has 0 aromatic carbocycles. The van der Waals surface area contributed by atoms with E-state index in [-0.39, 0.29) is 5.97 Å². The van der Waals surface area contributed by atoms with Crippen LogP contribution in [0.15, 0.2) is 0 Å². The van der Waals surface area contributed by atoms with Gasteiger partial charge in [0, 0.05) is 6.54 Å². The van der Waals surface area contributed by atoms with Crippen molar-refractivity contribution in [2.24, 2.45) is 5.92 Å². The maximum atomic E-state index is 11.8. The summed E-state index contributed by atoms with van der Waals surface area (Å²) in [5.41, 5.74) is -0.591. The van der Waals surface area contributed by atoms with Crippen molar-refractivity contribution in [3.05, 3.63) is 0 Å². The standard InChI is InChI=1S/C14H28N2O2/c1-5-6-12-7-9-16(10-8-12)11-14(2,15-3)13(17)18-4/h12,15H,5-11H2,1-4H3. The Labute approximate surface area is 111 Å². The van der Waals surface area contributed by atoms with Crippen LogP contribution in [-0.2, 0) is 9.53 Å². The van der Waals surface area contributed by atoms with Crippen LogP contribution < -0.4 is 5.32 Å². The molecule has 4 nitrogen and oxygen atoms in total. The Morgan fingerprint density at radius 2 is 2.06 bits per heavy atom. The van der Waals surface area contributed by atoms with Gasteiger partial charge in [0.25, 0.3) is 0 Å². The van der Waals surface area contributed by atoms with Crippen LogP contribution in [0.1, 0.15) is 39.5 Å². The zero-order valence-electron chi connectivity index (χ0n) is 12.3. The molecule has 1 N–H and O–H groups in total. The molecule has 1 rings (SSSR count). The van der Waals surface area contributed by atoms with Crippen molar-refractivity contribution in [2.75, 3.05) is 33.8 Å². The Kier molecular flexibility index (Phi) is 6.09. The minimum atomic E-state index is -0.591. The first-order chi connectivity index (χ1) is 8.55. The van der Waals surface area contributed by atoms with Crippen molar-refractivity contribution in [3.8, 4) is 0 Å². The van der Waals surface area contributed by atoms with E-state index in [0.717, 1.165) is 25.6 Å². The molecule has 1 atom stereocenters. The molecule has 0 aliphatic carbocycles. The molecular weight excluding hydrogens is 228 g/mol. The second kappa shape index (κ2) is 7.10. The second-order valence-corrected chi connectivity index (χ2v) is 5.58. The number of ether oxygens (including phenoxy) is 1. The molecule has 1 aliphatic rings. The number of likely N-dealkylation sites (tertiary alicyclic amines) is 1. The summed E-state index contributed by atoms with van der Waals surface area (Å²) >= 11 is 0. The van der Waals surface area contributed by atoms with Crippen molar-refractivity contribution >= 4 is 5.97 Å². The molecule has 1 aliphatic heterocycles. The van der Waals surface area contributed by atoms with E-state index in [0.29, 0.717) is 0 Å². The highest BCUT2D eigenvalue weighted by atomic mass is 16.5. The third-order valence-corrected chi connectivity index (χ3v) is 4.13. The number of esters is 1. The molecular formula is C14H28N2O2. The SMILES string of the molecule is CCCC1CCN(CC(C)(NC)C(=O)OC)CC1. The van der Waals surface area contributed by atoms with E-state index in [1.165, 1.54) is 32.8 Å². The van der Waals surface area contributed by atoms with Crippen LogP contribution in [0.5, 0.6) is 0 Å². The van der Waals surface area contributed by atoms with E-state index in [1.807, 2.05) is 14.0 Å². The van der Waals surface area contributed by atoms with Crippen molar-refractivity contribution in [3.63, 3.8) is 0 Å². The van der Waals surface area contributed by atoms with E-state index in [1.54, 1.807) is 0 Å². The van der Waals surface area contributed by atoms with Gasteiger partial charge < -0.3 is 15.0 Å². The number of piperidine rings is 1. The van der Waals surface area contributed by atoms with Crippen LogP contribution >= 0.6 is 0 Å². The molecule has 1 fully saturated rings. The van der Waals surface area contributed by atoms with Crippen LogP contribution in [0.2, 0.25) is 0 Å². The fourth-order valence-electron chi connectivity index (χ4n) is 2.76. The van der Waals surface area contributed by atoms with Crippen molar-refractivity contribution < 1.29 is 9.53 Å². The average Bonchev–Trinajstić information content (AvgIpc) is 2.40. The lowest BCUT2D eigenvalue weighted by molar-refractivity contribution is -0.148. The van der Waals surface area contributed by atoms with Crippen LogP contribution in [0.3, 0.4) is 0 Å². The van der Waals surface area contributed by atoms with Gasteiger partial charge in [0.05, 0.1) is 7.11 Å². The zero-order valence-corrected chi connectivity index (χ0v) is 12.3. The molecule has 0 amide bonds. The first kappa shape index (κ1) is 15.4. The normalized spacial score (nSPS) is 21.6. The van der Waals surface area contributed by atoms with Gasteiger partial charge in [-0.05, 0) is 45.8 Å². The number of hydrogen-bond donors (Lipinski definition) is 1. The van der Waals surface area contributed by atoms with Gasteiger partial charge in [-0.2, -0.15) is 0 Å². The van der Waals surface area contributed by atoms with E-state index in [9.17, 15) is 4.79 Å². The first-order valence-electron chi connectivity index (χ1n) is 7.05. The summed E-state index contributed by atoms with van der Waals surface area (Å²) in [6.07, 6.45) is 5.14. The predicted octanol–water partition coefficient (Wildman–Crippen LogP) is 1.65. The lowest BCUT2D eigenvalue weighted by atomic mass is 9.91. The number of rotatable bonds is 6. The number of carbonyl (C=O) groups is 1. The number of nitrogens with zero attached hydrogens (tertiary/aromatic N) is 1. The summed E-state index contributed by atoms with van der Waals surface area (Å²) in [5.74, 6) is 0.700. The van der Waals surface area contributed by atoms with Crippen molar-refractivity contribution in [1.82, 2.24) is 10.2 Å². The molecule has 0 bridgehead atoms. The maximum Gasteiger partial charge on any atom is 0.327 e. The summed E-state index contributed by atoms with van der Waals surface area (Å²) in [5, 5.41) is 3.10. The largest absolute Gasteiger partial charge is 0.468 e. The molecule has 0 aromatic rings. The minimum Gasteiger partial charge on any atom is -0.468 e. The highest BCUT2D eigenvalue weighted by Gasteiger charge is 2.35. The molecule has 1 saturated heterocycles. The fourth-order valence-corrected chi connectivity index (χ4v) is 2.76. The molecule has 0 aromatic heterocycles. The summed E-state index contributed by atoms with van der Waals surface area (Å²) < 4.78 is 4.88. The Morgan fingerprint density at radius 1 is 1.44 bits per heavy atom. The van der Waals surface area contributed by atoms with Crippen LogP contribution in [-0.4, -0.2) is 50.2 Å². The molecule has 1 unspecified atom stereocenters. The monoisotopic (exact) mass is 256 g/mol. The molecule has 0 radical (unpaired) electrons. The summed E-state index contributed by atoms with van der Waals surface area (Å²) in [7, 11) is 3.27. The zero-order chi connectivity index (χ0) is 13.6. The lowest BCUT2D eigenvalue weighted by Gasteiger charge is -2.37. The first-order valence-corrected chi connectivity index (χ1v) is 7.05. The van der Waals surface area contributed by atoms with E-state index >= 15 is 0 Å². The number of methoxy groups -OCH3 is 1. The van der Waals surface area contributed by atoms with Crippen LogP contribution in [0.4, 0.5) is 0 Å². The summed E-state index contributed by atoms with van der Waals surface area (Å²) in [6, 6.07) is 0. The van der Waals surface area contributed by atoms with Gasteiger partial charge in [0.2, 0.25) is 0 Å². The van der Waals surface area contributed by atoms with Gasteiger partial charge >= 0.3 is 5.97 Å². The van der Waals surface area contributed by atoms with Gasteiger partial charge in [0.15, 0.2) is 0 Å². The highest BCUT2D eigenvalue weighted by molar-refractivity contribution is 5.80. The number of nitrogens with one attached hydrogen (secondary N) is 1. The van der Waals surface area contributed by atoms with Crippen molar-refractivity contribution in [1.29, 1.82) is 0 Å². The van der Waals surface area contributed by atoms with E-state index in [4.69, 9.17) is 4.74 Å². The topological polar surface area (TPSA) is 41.6 Å². The third-order valence-electron chi connectivity index (χ3n) is 4.13. The van der Waals surface area contributed by atoms with E-state index < -0.39 is 5.54 Å². The third kappa shape index (κ3) is 3.95. The second-order valence-electron chi connectivity index (χ2n) is 5.58. The Hall–Kier alpha value is -0.610. The minimum absolute atomic E-state index is 0.180. The number of carbonyl (C=O) groups excluding carboxylic acids is 1. The van der Waals surface area contributed by atoms with Gasteiger partial charge in [-0.1, -0.05) is 19.8 Å². The highest BCUT2D eigenvalue weighted by Crippen LogP contribution is 2.23. The molecule has 106 valence electrons. The van der Waals surface area contributed by atoms with E-state index in [2.05, 4.69) is 17.1 Å². The molecule has 4 heteroatoms. The Morgan fingerprint density at radius 3 is 2.50 bits per heavy atom. The summed E-state index contributed by atoms with van der Waals surface area (Å²) in [6.45, 7) is 7.09. The van der Waals surface area contributed by atoms with Crippen LogP contribution in [0.25, 0.3) is 0 Å². The fraction of sp³-hybridized carbons (Fsp3) is 0.929. The molecule has 1 heterocycles. The predicted molar refractivity (Wildman–Crippen MR) is 73.6 cm³/mol. The lowest BCUT2D eigenvalue weighted by Crippen LogP contribution is -2.57. The van der Waals surface area contributed by atoms with Crippen LogP contribution in [0, 0.1) is 5.92 Å². The van der Waals surface area contributed by atoms with Gasteiger partial charge in [-0.15, -0.1) is 0 Å². The van der Waals surface area contributed by atoms with Gasteiger partial charge in [-0.25, -0.2) is 0 Å². The maximum absolute atomic E-state index is 11.8. The average molecular weight is 256 g/mol. The molecule has 18 heavy (non-hydrogen) atoms. The molecule has 0 saturated carbocycles. The van der Waals surface area contributed by atoms with Crippen molar-refractivity contribution in [2.45, 2.75) is 45.1 Å². The summed E-state index contributed by atoms with van der Waals surface area (Å²) in [4.78, 5) is 14.2.